The van der Waals surface area contributed by atoms with Crippen molar-refractivity contribution in [2.45, 2.75) is 25.0 Å². The minimum atomic E-state index is -0.459. The van der Waals surface area contributed by atoms with E-state index in [9.17, 15) is 14.9 Å². The second-order valence-electron chi connectivity index (χ2n) is 6.11. The summed E-state index contributed by atoms with van der Waals surface area (Å²) in [4.78, 5) is 22.4. The molecule has 2 N–H and O–H groups in total. The molecule has 1 atom stereocenters. The maximum Gasteiger partial charge on any atom is 0.311 e. The summed E-state index contributed by atoms with van der Waals surface area (Å²) in [5.41, 5.74) is 0.754. The molecule has 1 saturated heterocycles. The van der Waals surface area contributed by atoms with Crippen molar-refractivity contribution in [3.8, 4) is 5.75 Å². The predicted octanol–water partition coefficient (Wildman–Crippen LogP) is 2.76. The van der Waals surface area contributed by atoms with Crippen LogP contribution in [0.25, 0.3) is 0 Å². The molecule has 1 aliphatic rings. The fraction of sp³-hybridized carbons (Fsp3) is 0.588. The summed E-state index contributed by atoms with van der Waals surface area (Å²) in [6, 6.07) is 4.87. The van der Waals surface area contributed by atoms with Gasteiger partial charge >= 0.3 is 5.69 Å². The summed E-state index contributed by atoms with van der Waals surface area (Å²) in [6.45, 7) is 2.85. The number of nitrogens with one attached hydrogen (secondary N) is 2. The van der Waals surface area contributed by atoms with Crippen LogP contribution in [0.15, 0.2) is 18.2 Å². The molecular weight excluding hydrogens is 378 g/mol. The third kappa shape index (κ3) is 7.39. The molecule has 146 valence electrons. The first-order valence-corrected chi connectivity index (χ1v) is 9.62. The van der Waals surface area contributed by atoms with Crippen LogP contribution >= 0.6 is 24.2 Å². The number of halogens is 1. The van der Waals surface area contributed by atoms with Gasteiger partial charge in [-0.05, 0) is 49.9 Å². The molecule has 9 heteroatoms. The second-order valence-corrected chi connectivity index (χ2v) is 7.09. The number of nitro groups is 1. The van der Waals surface area contributed by atoms with E-state index in [0.29, 0.717) is 24.0 Å². The number of nitrogens with zero attached hydrogens (tertiary/aromatic N) is 1. The Balaban J connectivity index is 0.00000338. The lowest BCUT2D eigenvalue weighted by Crippen LogP contribution is -2.33. The van der Waals surface area contributed by atoms with Crippen LogP contribution in [0.3, 0.4) is 0 Å². The Kier molecular flexibility index (Phi) is 10.4. The van der Waals surface area contributed by atoms with Crippen molar-refractivity contribution in [3.05, 3.63) is 33.9 Å². The van der Waals surface area contributed by atoms with E-state index in [1.807, 2.05) is 0 Å². The van der Waals surface area contributed by atoms with Gasteiger partial charge in [0.2, 0.25) is 5.91 Å². The van der Waals surface area contributed by atoms with Crippen LogP contribution in [0, 0.1) is 16.0 Å². The summed E-state index contributed by atoms with van der Waals surface area (Å²) in [6.07, 6.45) is 3.45. The van der Waals surface area contributed by atoms with Crippen LogP contribution in [0.4, 0.5) is 5.69 Å². The van der Waals surface area contributed by atoms with Gasteiger partial charge in [0.05, 0.1) is 17.8 Å². The lowest BCUT2D eigenvalue weighted by molar-refractivity contribution is -0.385. The third-order valence-corrected chi connectivity index (χ3v) is 5.22. The molecule has 0 radical (unpaired) electrons. The fourth-order valence-electron chi connectivity index (χ4n) is 2.87. The first-order valence-electron chi connectivity index (χ1n) is 8.46. The maximum atomic E-state index is 11.9. The minimum absolute atomic E-state index is 0. The summed E-state index contributed by atoms with van der Waals surface area (Å²) in [5, 5.41) is 17.3. The van der Waals surface area contributed by atoms with E-state index in [1.165, 1.54) is 37.8 Å². The highest BCUT2D eigenvalue weighted by Gasteiger charge is 2.15. The summed E-state index contributed by atoms with van der Waals surface area (Å²) >= 11 is 1.45. The molecule has 26 heavy (non-hydrogen) atoms. The first-order chi connectivity index (χ1) is 12.1. The van der Waals surface area contributed by atoms with E-state index in [4.69, 9.17) is 4.74 Å². The first kappa shape index (κ1) is 22.5. The highest BCUT2D eigenvalue weighted by atomic mass is 35.5. The van der Waals surface area contributed by atoms with Gasteiger partial charge in [-0.25, -0.2) is 0 Å². The number of carbonyl (C=O) groups is 1. The van der Waals surface area contributed by atoms with Crippen molar-refractivity contribution in [1.82, 2.24) is 10.6 Å². The number of nitro benzene ring substituents is 1. The van der Waals surface area contributed by atoms with Crippen molar-refractivity contribution >= 4 is 35.8 Å². The molecule has 0 spiro atoms. The number of hydrogen-bond acceptors (Lipinski definition) is 6. The normalized spacial score (nSPS) is 16.4. The molecule has 7 nitrogen and oxygen atoms in total. The van der Waals surface area contributed by atoms with Gasteiger partial charge in [0.15, 0.2) is 5.75 Å². The predicted molar refractivity (Wildman–Crippen MR) is 106 cm³/mol. The van der Waals surface area contributed by atoms with E-state index in [0.717, 1.165) is 25.1 Å². The number of piperidine rings is 1. The Hall–Kier alpha value is -1.51. The molecular formula is C17H26ClN3O4S. The van der Waals surface area contributed by atoms with E-state index < -0.39 is 4.92 Å². The number of rotatable bonds is 9. The molecule has 0 bridgehead atoms. The molecule has 1 fully saturated rings. The summed E-state index contributed by atoms with van der Waals surface area (Å²) in [7, 11) is 1.41. The zero-order chi connectivity index (χ0) is 18.1. The second kappa shape index (κ2) is 12.0. The van der Waals surface area contributed by atoms with Gasteiger partial charge in [-0.15, -0.1) is 24.2 Å². The standard InChI is InChI=1S/C17H25N3O4S.ClH/c1-24-16-5-4-14(9-15(16)20(22)23)11-25-12-17(21)19-8-6-13-3-2-7-18-10-13;/h4-5,9,13,18H,2-3,6-8,10-12H2,1H3,(H,19,21);1H. The number of amides is 1. The zero-order valence-electron chi connectivity index (χ0n) is 14.9. The van der Waals surface area contributed by atoms with Crippen LogP contribution in [0.2, 0.25) is 0 Å². The largest absolute Gasteiger partial charge is 0.490 e. The minimum Gasteiger partial charge on any atom is -0.490 e. The van der Waals surface area contributed by atoms with E-state index in [2.05, 4.69) is 10.6 Å². The third-order valence-electron chi connectivity index (χ3n) is 4.22. The molecule has 1 amide bonds. The highest BCUT2D eigenvalue weighted by Crippen LogP contribution is 2.28. The molecule has 0 aliphatic carbocycles. The van der Waals surface area contributed by atoms with Crippen LogP contribution in [-0.2, 0) is 10.5 Å². The van der Waals surface area contributed by atoms with Gasteiger partial charge in [-0.2, -0.15) is 0 Å². The van der Waals surface area contributed by atoms with Crippen LogP contribution in [0.5, 0.6) is 5.75 Å². The van der Waals surface area contributed by atoms with E-state index in [1.54, 1.807) is 12.1 Å². The lowest BCUT2D eigenvalue weighted by atomic mass is 9.96. The quantitative estimate of drug-likeness (QED) is 0.486. The van der Waals surface area contributed by atoms with Gasteiger partial charge < -0.3 is 15.4 Å². The fourth-order valence-corrected chi connectivity index (χ4v) is 3.67. The Labute approximate surface area is 164 Å². The van der Waals surface area contributed by atoms with Gasteiger partial charge in [0.25, 0.3) is 0 Å². The highest BCUT2D eigenvalue weighted by molar-refractivity contribution is 7.99. The molecule has 2 rings (SSSR count). The number of carbonyl (C=O) groups excluding carboxylic acids is 1. The van der Waals surface area contributed by atoms with Gasteiger partial charge in [-0.1, -0.05) is 6.07 Å². The monoisotopic (exact) mass is 403 g/mol. The Morgan fingerprint density at radius 2 is 2.31 bits per heavy atom. The zero-order valence-corrected chi connectivity index (χ0v) is 16.5. The van der Waals surface area contributed by atoms with Crippen molar-refractivity contribution < 1.29 is 14.5 Å². The molecule has 1 heterocycles. The van der Waals surface area contributed by atoms with Gasteiger partial charge in [0.1, 0.15) is 0 Å². The van der Waals surface area contributed by atoms with Crippen LogP contribution in [-0.4, -0.2) is 43.3 Å². The van der Waals surface area contributed by atoms with Gasteiger partial charge in [0, 0.05) is 18.4 Å². The van der Waals surface area contributed by atoms with Crippen molar-refractivity contribution in [3.63, 3.8) is 0 Å². The van der Waals surface area contributed by atoms with Gasteiger partial charge in [-0.3, -0.25) is 14.9 Å². The Bertz CT molecular complexity index is 597. The SMILES string of the molecule is COc1ccc(CSCC(=O)NCCC2CCCNC2)cc1[N+](=O)[O-].Cl. The summed E-state index contributed by atoms with van der Waals surface area (Å²) < 4.78 is 4.98. The van der Waals surface area contributed by atoms with Crippen LogP contribution < -0.4 is 15.4 Å². The molecule has 0 saturated carbocycles. The Morgan fingerprint density at radius 1 is 1.50 bits per heavy atom. The van der Waals surface area contributed by atoms with Crippen LogP contribution in [0.1, 0.15) is 24.8 Å². The molecule has 1 aromatic rings. The number of thioether (sulfide) groups is 1. The maximum absolute atomic E-state index is 11.9. The number of hydrogen-bond donors (Lipinski definition) is 2. The average Bonchev–Trinajstić information content (AvgIpc) is 2.62. The summed E-state index contributed by atoms with van der Waals surface area (Å²) in [5.74, 6) is 1.81. The Morgan fingerprint density at radius 3 is 2.96 bits per heavy atom. The lowest BCUT2D eigenvalue weighted by Gasteiger charge is -2.22. The van der Waals surface area contributed by atoms with Crippen molar-refractivity contribution in [1.29, 1.82) is 0 Å². The topological polar surface area (TPSA) is 93.5 Å². The number of ether oxygens (including phenoxy) is 1. The molecule has 1 aliphatic heterocycles. The molecule has 0 aromatic heterocycles. The van der Waals surface area contributed by atoms with Crippen molar-refractivity contribution in [2.24, 2.45) is 5.92 Å². The number of benzene rings is 1. The average molecular weight is 404 g/mol. The van der Waals surface area contributed by atoms with E-state index >= 15 is 0 Å². The smallest absolute Gasteiger partial charge is 0.311 e. The molecule has 1 aromatic carbocycles. The molecule has 1 unspecified atom stereocenters. The van der Waals surface area contributed by atoms with Crippen molar-refractivity contribution in [2.75, 3.05) is 32.5 Å². The van der Waals surface area contributed by atoms with E-state index in [-0.39, 0.29) is 29.8 Å². The number of methoxy groups -OCH3 is 1.